The molecule has 0 fully saturated rings. The van der Waals surface area contributed by atoms with Crippen LogP contribution in [0.15, 0.2) is 30.3 Å². The standard InChI is InChI=1S/C9H10N2O2/c10-11-8-4-1-7(2-5-8)3-6-9(12)13/h1-6,11H,10H2,(H,12,13)/b6-3+. The van der Waals surface area contributed by atoms with E-state index in [1.807, 2.05) is 0 Å². The van der Waals surface area contributed by atoms with Crippen LogP contribution in [0, 0.1) is 0 Å². The van der Waals surface area contributed by atoms with Gasteiger partial charge in [-0.1, -0.05) is 12.1 Å². The predicted octanol–water partition coefficient (Wildman–Crippen LogP) is 1.07. The molecule has 0 aromatic heterocycles. The summed E-state index contributed by atoms with van der Waals surface area (Å²) in [6.07, 6.45) is 2.60. The summed E-state index contributed by atoms with van der Waals surface area (Å²) in [5.74, 6) is 4.20. The van der Waals surface area contributed by atoms with E-state index in [0.29, 0.717) is 0 Å². The number of aliphatic carboxylic acids is 1. The van der Waals surface area contributed by atoms with Crippen LogP contribution in [0.2, 0.25) is 0 Å². The van der Waals surface area contributed by atoms with Gasteiger partial charge in [0, 0.05) is 11.8 Å². The van der Waals surface area contributed by atoms with E-state index in [1.54, 1.807) is 24.3 Å². The number of hydrogen-bond acceptors (Lipinski definition) is 3. The Morgan fingerprint density at radius 1 is 1.38 bits per heavy atom. The first-order chi connectivity index (χ1) is 6.22. The van der Waals surface area contributed by atoms with Crippen molar-refractivity contribution >= 4 is 17.7 Å². The fourth-order valence-corrected chi connectivity index (χ4v) is 0.858. The zero-order valence-electron chi connectivity index (χ0n) is 6.90. The van der Waals surface area contributed by atoms with Crippen molar-refractivity contribution < 1.29 is 9.90 Å². The minimum absolute atomic E-state index is 0.785. The highest BCUT2D eigenvalue weighted by Gasteiger charge is 1.90. The molecule has 13 heavy (non-hydrogen) atoms. The molecule has 4 heteroatoms. The summed E-state index contributed by atoms with van der Waals surface area (Å²) in [7, 11) is 0. The van der Waals surface area contributed by atoms with Crippen LogP contribution in [0.4, 0.5) is 5.69 Å². The second kappa shape index (κ2) is 4.27. The maximum atomic E-state index is 10.2. The van der Waals surface area contributed by atoms with Gasteiger partial charge in [-0.3, -0.25) is 5.84 Å². The molecule has 0 aliphatic heterocycles. The summed E-state index contributed by atoms with van der Waals surface area (Å²) in [4.78, 5) is 10.2. The molecule has 0 bridgehead atoms. The molecule has 0 unspecified atom stereocenters. The van der Waals surface area contributed by atoms with E-state index in [9.17, 15) is 4.79 Å². The van der Waals surface area contributed by atoms with Crippen molar-refractivity contribution in [3.8, 4) is 0 Å². The van der Waals surface area contributed by atoms with E-state index in [-0.39, 0.29) is 0 Å². The van der Waals surface area contributed by atoms with E-state index >= 15 is 0 Å². The molecule has 0 saturated heterocycles. The Morgan fingerprint density at radius 2 is 2.00 bits per heavy atom. The van der Waals surface area contributed by atoms with Crippen molar-refractivity contribution in [1.29, 1.82) is 0 Å². The molecule has 0 radical (unpaired) electrons. The van der Waals surface area contributed by atoms with Crippen LogP contribution in [-0.4, -0.2) is 11.1 Å². The van der Waals surface area contributed by atoms with Crippen molar-refractivity contribution in [2.75, 3.05) is 5.43 Å². The topological polar surface area (TPSA) is 75.3 Å². The molecule has 4 nitrogen and oxygen atoms in total. The lowest BCUT2D eigenvalue weighted by Gasteiger charge is -1.98. The van der Waals surface area contributed by atoms with Gasteiger partial charge >= 0.3 is 5.97 Å². The predicted molar refractivity (Wildman–Crippen MR) is 50.9 cm³/mol. The number of nitrogens with one attached hydrogen (secondary N) is 1. The molecule has 0 spiro atoms. The van der Waals surface area contributed by atoms with Gasteiger partial charge in [-0.15, -0.1) is 0 Å². The SMILES string of the molecule is NNc1ccc(/C=C/C(=O)O)cc1. The lowest BCUT2D eigenvalue weighted by atomic mass is 10.2. The molecule has 0 amide bonds. The number of carboxylic acid groups (broad SMARTS) is 1. The maximum Gasteiger partial charge on any atom is 0.328 e. The molecule has 0 saturated carbocycles. The number of hydrazine groups is 1. The first-order valence-corrected chi connectivity index (χ1v) is 3.70. The number of rotatable bonds is 3. The Balaban J connectivity index is 2.75. The van der Waals surface area contributed by atoms with Gasteiger partial charge in [0.25, 0.3) is 0 Å². The number of nitrogen functional groups attached to an aromatic ring is 1. The van der Waals surface area contributed by atoms with Gasteiger partial charge in [-0.2, -0.15) is 0 Å². The third-order valence-corrected chi connectivity index (χ3v) is 1.50. The highest BCUT2D eigenvalue weighted by atomic mass is 16.4. The van der Waals surface area contributed by atoms with Crippen molar-refractivity contribution in [1.82, 2.24) is 0 Å². The van der Waals surface area contributed by atoms with Crippen molar-refractivity contribution in [2.24, 2.45) is 5.84 Å². The Hall–Kier alpha value is -1.81. The molecule has 1 aromatic carbocycles. The quantitative estimate of drug-likeness (QED) is 0.367. The third kappa shape index (κ3) is 2.96. The first kappa shape index (κ1) is 9.28. The van der Waals surface area contributed by atoms with E-state index in [0.717, 1.165) is 17.3 Å². The number of carboxylic acids is 1. The molecular formula is C9H10N2O2. The highest BCUT2D eigenvalue weighted by Crippen LogP contribution is 2.08. The van der Waals surface area contributed by atoms with Crippen LogP contribution in [0.25, 0.3) is 6.08 Å². The molecular weight excluding hydrogens is 168 g/mol. The summed E-state index contributed by atoms with van der Waals surface area (Å²) in [5.41, 5.74) is 4.08. The molecule has 0 aliphatic rings. The number of nitrogens with two attached hydrogens (primary N) is 1. The Bertz CT molecular complexity index is 317. The monoisotopic (exact) mass is 178 g/mol. The van der Waals surface area contributed by atoms with E-state index in [1.165, 1.54) is 6.08 Å². The fraction of sp³-hybridized carbons (Fsp3) is 0. The third-order valence-electron chi connectivity index (χ3n) is 1.50. The second-order valence-corrected chi connectivity index (χ2v) is 2.44. The Morgan fingerprint density at radius 3 is 2.46 bits per heavy atom. The molecule has 0 atom stereocenters. The first-order valence-electron chi connectivity index (χ1n) is 3.70. The van der Waals surface area contributed by atoms with Gasteiger partial charge in [0.1, 0.15) is 0 Å². The summed E-state index contributed by atoms with van der Waals surface area (Å²) in [6.45, 7) is 0. The van der Waals surface area contributed by atoms with E-state index in [2.05, 4.69) is 5.43 Å². The molecule has 0 aliphatic carbocycles. The minimum atomic E-state index is -0.957. The Kier molecular flexibility index (Phi) is 3.05. The van der Waals surface area contributed by atoms with Crippen LogP contribution in [0.3, 0.4) is 0 Å². The zero-order valence-corrected chi connectivity index (χ0v) is 6.90. The number of anilines is 1. The average Bonchev–Trinajstić information content (AvgIpc) is 2.15. The molecule has 1 rings (SSSR count). The van der Waals surface area contributed by atoms with Crippen molar-refractivity contribution in [3.63, 3.8) is 0 Å². The van der Waals surface area contributed by atoms with Gasteiger partial charge in [-0.25, -0.2) is 4.79 Å². The average molecular weight is 178 g/mol. The summed E-state index contributed by atoms with van der Waals surface area (Å²) in [6, 6.07) is 7.08. The van der Waals surface area contributed by atoms with Gasteiger partial charge in [-0.05, 0) is 23.8 Å². The Labute approximate surface area is 75.7 Å². The van der Waals surface area contributed by atoms with E-state index < -0.39 is 5.97 Å². The minimum Gasteiger partial charge on any atom is -0.478 e. The number of benzene rings is 1. The largest absolute Gasteiger partial charge is 0.478 e. The molecule has 4 N–H and O–H groups in total. The molecule has 68 valence electrons. The van der Waals surface area contributed by atoms with Crippen LogP contribution in [-0.2, 0) is 4.79 Å². The van der Waals surface area contributed by atoms with Crippen molar-refractivity contribution in [2.45, 2.75) is 0 Å². The molecule has 1 aromatic rings. The van der Waals surface area contributed by atoms with Gasteiger partial charge < -0.3 is 10.5 Å². The van der Waals surface area contributed by atoms with E-state index in [4.69, 9.17) is 10.9 Å². The van der Waals surface area contributed by atoms with Crippen LogP contribution in [0.5, 0.6) is 0 Å². The van der Waals surface area contributed by atoms with Crippen LogP contribution >= 0.6 is 0 Å². The maximum absolute atomic E-state index is 10.2. The van der Waals surface area contributed by atoms with Crippen molar-refractivity contribution in [3.05, 3.63) is 35.9 Å². The lowest BCUT2D eigenvalue weighted by Crippen LogP contribution is -2.05. The summed E-state index contributed by atoms with van der Waals surface area (Å²) >= 11 is 0. The molecule has 0 heterocycles. The summed E-state index contributed by atoms with van der Waals surface area (Å²) in [5, 5.41) is 8.36. The lowest BCUT2D eigenvalue weighted by molar-refractivity contribution is -0.131. The smallest absolute Gasteiger partial charge is 0.328 e. The second-order valence-electron chi connectivity index (χ2n) is 2.44. The zero-order chi connectivity index (χ0) is 9.68. The highest BCUT2D eigenvalue weighted by molar-refractivity contribution is 5.85. The van der Waals surface area contributed by atoms with Crippen LogP contribution < -0.4 is 11.3 Å². The fourth-order valence-electron chi connectivity index (χ4n) is 0.858. The normalized spacial score (nSPS) is 10.2. The number of carbonyl (C=O) groups is 1. The van der Waals surface area contributed by atoms with Gasteiger partial charge in [0.2, 0.25) is 0 Å². The van der Waals surface area contributed by atoms with Crippen LogP contribution in [0.1, 0.15) is 5.56 Å². The van der Waals surface area contributed by atoms with Gasteiger partial charge in [0.05, 0.1) is 0 Å². The van der Waals surface area contributed by atoms with Gasteiger partial charge in [0.15, 0.2) is 0 Å². The number of hydrogen-bond donors (Lipinski definition) is 3. The summed E-state index contributed by atoms with van der Waals surface area (Å²) < 4.78 is 0.